The molecule has 0 amide bonds. The summed E-state index contributed by atoms with van der Waals surface area (Å²) in [6.45, 7) is 4.15. The fourth-order valence-corrected chi connectivity index (χ4v) is 3.42. The average Bonchev–Trinajstić information content (AvgIpc) is 2.93. The molecule has 10 heteroatoms. The zero-order valence-corrected chi connectivity index (χ0v) is 18.8. The van der Waals surface area contributed by atoms with Crippen molar-refractivity contribution in [3.05, 3.63) is 42.0 Å². The lowest BCUT2D eigenvalue weighted by molar-refractivity contribution is -0.864. The van der Waals surface area contributed by atoms with Gasteiger partial charge < -0.3 is 23.5 Å². The molecule has 1 aromatic heterocycles. The van der Waals surface area contributed by atoms with E-state index in [1.807, 2.05) is 25.1 Å². The van der Waals surface area contributed by atoms with E-state index in [2.05, 4.69) is 4.98 Å². The van der Waals surface area contributed by atoms with E-state index >= 15 is 0 Å². The highest BCUT2D eigenvalue weighted by atomic mass is 32.2. The third kappa shape index (κ3) is 10.9. The number of allylic oxidation sites excluding steroid dienone is 2. The van der Waals surface area contributed by atoms with E-state index in [4.69, 9.17) is 13.7 Å². The van der Waals surface area contributed by atoms with Crippen molar-refractivity contribution in [2.24, 2.45) is 5.92 Å². The Kier molecular flexibility index (Phi) is 9.47. The van der Waals surface area contributed by atoms with Crippen LogP contribution >= 0.6 is 0 Å². The Morgan fingerprint density at radius 3 is 2.43 bits per heavy atom. The highest BCUT2D eigenvalue weighted by molar-refractivity contribution is 7.85. The van der Waals surface area contributed by atoms with Crippen molar-refractivity contribution in [2.75, 3.05) is 40.0 Å². The number of hydrogen-bond donors (Lipinski definition) is 1. The Morgan fingerprint density at radius 2 is 1.97 bits per heavy atom. The first-order valence-electron chi connectivity index (χ1n) is 9.40. The number of carboxylic acids is 1. The van der Waals surface area contributed by atoms with E-state index in [0.29, 0.717) is 33.8 Å². The van der Waals surface area contributed by atoms with Crippen LogP contribution < -0.4 is 5.11 Å². The van der Waals surface area contributed by atoms with Gasteiger partial charge in [0.15, 0.2) is 11.5 Å². The fraction of sp³-hybridized carbons (Fsp3) is 0.500. The molecule has 0 saturated carbocycles. The van der Waals surface area contributed by atoms with Crippen molar-refractivity contribution in [2.45, 2.75) is 20.3 Å². The first-order chi connectivity index (χ1) is 13.8. The van der Waals surface area contributed by atoms with Crippen LogP contribution in [0, 0.1) is 5.92 Å². The second-order valence-electron chi connectivity index (χ2n) is 7.82. The molecule has 0 aliphatic rings. The zero-order valence-electron chi connectivity index (χ0n) is 18.0. The van der Waals surface area contributed by atoms with Crippen LogP contribution in [0.1, 0.15) is 19.7 Å². The van der Waals surface area contributed by atoms with Crippen LogP contribution in [0.25, 0.3) is 11.1 Å². The minimum Gasteiger partial charge on any atom is -0.544 e. The Labute approximate surface area is 177 Å². The summed E-state index contributed by atoms with van der Waals surface area (Å²) in [4.78, 5) is 14.2. The van der Waals surface area contributed by atoms with Crippen molar-refractivity contribution < 1.29 is 36.5 Å². The molecular weight excluding hydrogens is 412 g/mol. The van der Waals surface area contributed by atoms with Crippen molar-refractivity contribution in [1.29, 1.82) is 0 Å². The third-order valence-corrected chi connectivity index (χ3v) is 4.49. The van der Waals surface area contributed by atoms with Crippen LogP contribution in [0.4, 0.5) is 0 Å². The molecule has 0 radical (unpaired) electrons. The number of para-hydroxylation sites is 2. The predicted molar refractivity (Wildman–Crippen MR) is 111 cm³/mol. The van der Waals surface area contributed by atoms with Crippen molar-refractivity contribution >= 4 is 27.2 Å². The summed E-state index contributed by atoms with van der Waals surface area (Å²) in [5.74, 6) is -0.856. The number of oxazole rings is 1. The van der Waals surface area contributed by atoms with Gasteiger partial charge in [0.25, 0.3) is 10.1 Å². The topological polar surface area (TPSA) is 130 Å². The van der Waals surface area contributed by atoms with Crippen LogP contribution in [-0.2, 0) is 26.1 Å². The molecule has 1 atom stereocenters. The number of nitrogens with zero attached hydrogens (tertiary/aromatic N) is 2. The second kappa shape index (κ2) is 11.1. The summed E-state index contributed by atoms with van der Waals surface area (Å²) in [5.41, 5.74) is 1.36. The van der Waals surface area contributed by atoms with Gasteiger partial charge in [0.1, 0.15) is 12.1 Å². The van der Waals surface area contributed by atoms with Gasteiger partial charge in [-0.3, -0.25) is 4.55 Å². The molecule has 1 aromatic carbocycles. The third-order valence-electron chi connectivity index (χ3n) is 3.65. The number of quaternary nitrogens is 1. The van der Waals surface area contributed by atoms with Gasteiger partial charge in [-0.2, -0.15) is 8.42 Å². The van der Waals surface area contributed by atoms with E-state index in [1.54, 1.807) is 40.2 Å². The van der Waals surface area contributed by atoms with Gasteiger partial charge in [-0.15, -0.1) is 0 Å². The largest absolute Gasteiger partial charge is 0.544 e. The normalized spacial score (nSPS) is 13.5. The standard InChI is InChI=1S/C15H19NO5S.C5H11NO2/c1-3-20-11(2)8-12(10-22(17,18)19)9-15-16-13-6-4-5-7-14(13)21-15;1-6(2,3)4-5(7)8/h4-8,12H,3,9-10H2,1-2H3,(H,17,18,19);4H2,1-3H3/b11-8+;. The number of aromatic nitrogens is 1. The molecule has 0 fully saturated rings. The smallest absolute Gasteiger partial charge is 0.265 e. The minimum atomic E-state index is -4.10. The van der Waals surface area contributed by atoms with E-state index < -0.39 is 27.8 Å². The maximum Gasteiger partial charge on any atom is 0.265 e. The quantitative estimate of drug-likeness (QED) is 0.349. The van der Waals surface area contributed by atoms with E-state index in [0.717, 1.165) is 0 Å². The van der Waals surface area contributed by atoms with Gasteiger partial charge in [0, 0.05) is 12.3 Å². The summed E-state index contributed by atoms with van der Waals surface area (Å²) < 4.78 is 42.8. The lowest BCUT2D eigenvalue weighted by Gasteiger charge is -2.23. The molecule has 1 heterocycles. The molecular formula is C20H30N2O7S. The average molecular weight is 443 g/mol. The molecule has 2 aromatic rings. The summed E-state index contributed by atoms with van der Waals surface area (Å²) in [7, 11) is 1.30. The van der Waals surface area contributed by atoms with Gasteiger partial charge >= 0.3 is 0 Å². The van der Waals surface area contributed by atoms with Crippen LogP contribution in [0.5, 0.6) is 0 Å². The lowest BCUT2D eigenvalue weighted by atomic mass is 10.1. The van der Waals surface area contributed by atoms with Gasteiger partial charge in [-0.25, -0.2) is 4.98 Å². The predicted octanol–water partition coefficient (Wildman–Crippen LogP) is 1.26. The highest BCUT2D eigenvalue weighted by Crippen LogP contribution is 2.19. The van der Waals surface area contributed by atoms with Crippen LogP contribution in [0.2, 0.25) is 0 Å². The maximum absolute atomic E-state index is 11.2. The Bertz CT molecular complexity index is 926. The molecule has 2 rings (SSSR count). The molecule has 0 spiro atoms. The monoisotopic (exact) mass is 442 g/mol. The SMILES string of the molecule is CCO/C(C)=C/C(Cc1nc2ccccc2o1)CS(=O)(=O)O.C[N+](C)(C)CC(=O)[O-]. The molecule has 0 aliphatic heterocycles. The Balaban J connectivity index is 0.000000479. The number of hydrogen-bond acceptors (Lipinski definition) is 7. The second-order valence-corrected chi connectivity index (χ2v) is 9.32. The Morgan fingerprint density at radius 1 is 1.33 bits per heavy atom. The van der Waals surface area contributed by atoms with Gasteiger partial charge in [0.2, 0.25) is 0 Å². The van der Waals surface area contributed by atoms with Crippen molar-refractivity contribution in [3.63, 3.8) is 0 Å². The van der Waals surface area contributed by atoms with E-state index in [9.17, 15) is 18.3 Å². The lowest BCUT2D eigenvalue weighted by Crippen LogP contribution is -2.45. The van der Waals surface area contributed by atoms with E-state index in [-0.39, 0.29) is 13.0 Å². The van der Waals surface area contributed by atoms with Gasteiger partial charge in [-0.05, 0) is 32.1 Å². The molecule has 168 valence electrons. The van der Waals surface area contributed by atoms with Crippen molar-refractivity contribution in [1.82, 2.24) is 4.98 Å². The minimum absolute atomic E-state index is 0.0694. The molecule has 0 bridgehead atoms. The number of ether oxygens (including phenoxy) is 1. The first-order valence-corrected chi connectivity index (χ1v) is 11.0. The van der Waals surface area contributed by atoms with Gasteiger partial charge in [0.05, 0.1) is 45.2 Å². The Hall–Kier alpha value is -2.43. The van der Waals surface area contributed by atoms with Crippen LogP contribution in [-0.4, -0.2) is 68.5 Å². The molecule has 1 N–H and O–H groups in total. The first kappa shape index (κ1) is 25.6. The molecule has 30 heavy (non-hydrogen) atoms. The number of aliphatic carboxylic acids is 1. The number of carbonyl (C=O) groups is 1. The number of benzene rings is 1. The summed E-state index contributed by atoms with van der Waals surface area (Å²) in [5, 5.41) is 9.89. The van der Waals surface area contributed by atoms with Crippen molar-refractivity contribution in [3.8, 4) is 0 Å². The maximum atomic E-state index is 11.2. The van der Waals surface area contributed by atoms with E-state index in [1.165, 1.54) is 0 Å². The summed E-state index contributed by atoms with van der Waals surface area (Å²) in [6.07, 6.45) is 1.94. The van der Waals surface area contributed by atoms with Crippen LogP contribution in [0.3, 0.4) is 0 Å². The summed E-state index contributed by atoms with van der Waals surface area (Å²) in [6, 6.07) is 7.31. The fourth-order valence-electron chi connectivity index (χ4n) is 2.66. The summed E-state index contributed by atoms with van der Waals surface area (Å²) >= 11 is 0. The number of fused-ring (bicyclic) bond motifs is 1. The highest BCUT2D eigenvalue weighted by Gasteiger charge is 2.19. The van der Waals surface area contributed by atoms with Gasteiger partial charge in [-0.1, -0.05) is 12.1 Å². The molecule has 9 nitrogen and oxygen atoms in total. The molecule has 0 aliphatic carbocycles. The number of rotatable bonds is 9. The number of carbonyl (C=O) groups excluding carboxylic acids is 1. The molecule has 0 saturated heterocycles. The van der Waals surface area contributed by atoms with Crippen LogP contribution in [0.15, 0.2) is 40.5 Å². The molecule has 1 unspecified atom stereocenters. The number of likely N-dealkylation sites (N-methyl/N-ethyl adjacent to an activating group) is 1. The number of carboxylic acid groups (broad SMARTS) is 1. The zero-order chi connectivity index (χ0) is 22.9.